The van der Waals surface area contributed by atoms with Crippen LogP contribution in [0.4, 0.5) is 11.8 Å². The number of nitrogens with two attached hydrogens (primary N) is 1. The quantitative estimate of drug-likeness (QED) is 0.639. The molecular weight excluding hydrogens is 232 g/mol. The highest BCUT2D eigenvalue weighted by Gasteiger charge is 2.25. The zero-order valence-electron chi connectivity index (χ0n) is 10.7. The van der Waals surface area contributed by atoms with Gasteiger partial charge in [0.25, 0.3) is 0 Å². The average molecular weight is 250 g/mol. The van der Waals surface area contributed by atoms with Gasteiger partial charge in [0.2, 0.25) is 5.95 Å². The number of nitrogens with one attached hydrogen (secondary N) is 2. The second-order valence-corrected chi connectivity index (χ2v) is 5.28. The van der Waals surface area contributed by atoms with Gasteiger partial charge in [0, 0.05) is 0 Å². The number of nitrogens with zero attached hydrogens (tertiary/aromatic N) is 3. The van der Waals surface area contributed by atoms with Gasteiger partial charge in [-0.2, -0.15) is 9.97 Å². The van der Waals surface area contributed by atoms with E-state index in [-0.39, 0.29) is 24.0 Å². The highest BCUT2D eigenvalue weighted by atomic mass is 16.3. The van der Waals surface area contributed by atoms with Crippen molar-refractivity contribution in [2.24, 2.45) is 5.41 Å². The van der Waals surface area contributed by atoms with Gasteiger partial charge in [0.05, 0.1) is 19.0 Å². The fourth-order valence-corrected chi connectivity index (χ4v) is 1.66. The second kappa shape index (κ2) is 4.41. The highest BCUT2D eigenvalue weighted by Crippen LogP contribution is 2.25. The standard InChI is InChI=1S/C11H18N6O/c1-11(2,3)6(4-18)15-9-7-8(14-5-13-7)16-10(12)17-9/h5-6,18H,4H2,1-3H3,(H4,12,13,14,15,16,17)/t6-/m0/s1. The number of anilines is 2. The Morgan fingerprint density at radius 2 is 2.17 bits per heavy atom. The molecule has 0 spiro atoms. The maximum Gasteiger partial charge on any atom is 0.224 e. The second-order valence-electron chi connectivity index (χ2n) is 5.28. The Bertz CT molecular complexity index is 544. The van der Waals surface area contributed by atoms with Crippen molar-refractivity contribution in [1.29, 1.82) is 0 Å². The van der Waals surface area contributed by atoms with Gasteiger partial charge in [-0.1, -0.05) is 20.8 Å². The fourth-order valence-electron chi connectivity index (χ4n) is 1.66. The number of aromatic amines is 1. The monoisotopic (exact) mass is 250 g/mol. The molecule has 0 radical (unpaired) electrons. The van der Waals surface area contributed by atoms with E-state index in [1.54, 1.807) is 0 Å². The van der Waals surface area contributed by atoms with Crippen LogP contribution in [-0.4, -0.2) is 37.7 Å². The molecule has 98 valence electrons. The molecule has 1 atom stereocenters. The van der Waals surface area contributed by atoms with Crippen LogP contribution in [0.1, 0.15) is 20.8 Å². The molecule has 7 heteroatoms. The third-order valence-electron chi connectivity index (χ3n) is 2.84. The molecule has 0 unspecified atom stereocenters. The molecule has 0 bridgehead atoms. The van der Waals surface area contributed by atoms with E-state index in [2.05, 4.69) is 25.3 Å². The lowest BCUT2D eigenvalue weighted by atomic mass is 9.87. The smallest absolute Gasteiger partial charge is 0.224 e. The lowest BCUT2D eigenvalue weighted by Crippen LogP contribution is -2.37. The highest BCUT2D eigenvalue weighted by molar-refractivity contribution is 5.83. The molecule has 2 rings (SSSR count). The Kier molecular flexibility index (Phi) is 3.08. The molecule has 0 amide bonds. The lowest BCUT2D eigenvalue weighted by molar-refractivity contribution is 0.201. The van der Waals surface area contributed by atoms with Crippen molar-refractivity contribution in [3.63, 3.8) is 0 Å². The third-order valence-corrected chi connectivity index (χ3v) is 2.84. The van der Waals surface area contributed by atoms with Gasteiger partial charge in [-0.25, -0.2) is 4.98 Å². The van der Waals surface area contributed by atoms with Crippen molar-refractivity contribution in [2.75, 3.05) is 17.7 Å². The van der Waals surface area contributed by atoms with Crippen LogP contribution in [0.2, 0.25) is 0 Å². The maximum absolute atomic E-state index is 9.45. The topological polar surface area (TPSA) is 113 Å². The number of nitrogen functional groups attached to an aromatic ring is 1. The summed E-state index contributed by atoms with van der Waals surface area (Å²) in [6.45, 7) is 6.11. The Balaban J connectivity index is 2.39. The van der Waals surface area contributed by atoms with Crippen LogP contribution in [0.15, 0.2) is 6.33 Å². The van der Waals surface area contributed by atoms with Crippen LogP contribution in [0.25, 0.3) is 11.2 Å². The Morgan fingerprint density at radius 3 is 2.78 bits per heavy atom. The molecular formula is C11H18N6O. The van der Waals surface area contributed by atoms with Crippen molar-refractivity contribution in [3.05, 3.63) is 6.33 Å². The number of aliphatic hydroxyl groups is 1. The summed E-state index contributed by atoms with van der Waals surface area (Å²) in [7, 11) is 0. The number of hydrogen-bond donors (Lipinski definition) is 4. The molecule has 18 heavy (non-hydrogen) atoms. The molecule has 2 heterocycles. The van der Waals surface area contributed by atoms with E-state index in [0.29, 0.717) is 17.0 Å². The summed E-state index contributed by atoms with van der Waals surface area (Å²) < 4.78 is 0. The maximum atomic E-state index is 9.45. The number of fused-ring (bicyclic) bond motifs is 1. The minimum absolute atomic E-state index is 0.00301. The van der Waals surface area contributed by atoms with Gasteiger partial charge >= 0.3 is 0 Å². The van der Waals surface area contributed by atoms with Crippen molar-refractivity contribution in [1.82, 2.24) is 19.9 Å². The van der Waals surface area contributed by atoms with Crippen LogP contribution in [0.3, 0.4) is 0 Å². The summed E-state index contributed by atoms with van der Waals surface area (Å²) in [4.78, 5) is 15.2. The van der Waals surface area contributed by atoms with E-state index in [1.807, 2.05) is 20.8 Å². The number of aromatic nitrogens is 4. The van der Waals surface area contributed by atoms with Crippen LogP contribution < -0.4 is 11.1 Å². The van der Waals surface area contributed by atoms with Crippen LogP contribution in [0.5, 0.6) is 0 Å². The largest absolute Gasteiger partial charge is 0.394 e. The Morgan fingerprint density at radius 1 is 1.44 bits per heavy atom. The fraction of sp³-hybridized carbons (Fsp3) is 0.545. The summed E-state index contributed by atoms with van der Waals surface area (Å²) >= 11 is 0. The van der Waals surface area contributed by atoms with Crippen molar-refractivity contribution >= 4 is 22.9 Å². The summed E-state index contributed by atoms with van der Waals surface area (Å²) in [6, 6.07) is -0.140. The zero-order chi connectivity index (χ0) is 13.3. The molecule has 2 aromatic rings. The first-order valence-electron chi connectivity index (χ1n) is 5.76. The molecule has 0 aliphatic rings. The Labute approximate surface area is 105 Å². The first-order valence-corrected chi connectivity index (χ1v) is 5.76. The Hall–Kier alpha value is -1.89. The molecule has 2 aromatic heterocycles. The number of rotatable bonds is 3. The SMILES string of the molecule is CC(C)(C)[C@H](CO)Nc1nc(N)nc2nc[nH]c12. The van der Waals surface area contributed by atoms with Gasteiger partial charge in [0.1, 0.15) is 5.52 Å². The summed E-state index contributed by atoms with van der Waals surface area (Å²) in [5, 5.41) is 12.6. The molecule has 5 N–H and O–H groups in total. The predicted molar refractivity (Wildman–Crippen MR) is 70.0 cm³/mol. The van der Waals surface area contributed by atoms with E-state index >= 15 is 0 Å². The number of imidazole rings is 1. The average Bonchev–Trinajstić information content (AvgIpc) is 2.71. The van der Waals surface area contributed by atoms with Crippen LogP contribution in [-0.2, 0) is 0 Å². The van der Waals surface area contributed by atoms with Crippen LogP contribution in [0, 0.1) is 5.41 Å². The van der Waals surface area contributed by atoms with E-state index in [4.69, 9.17) is 5.73 Å². The molecule has 7 nitrogen and oxygen atoms in total. The van der Waals surface area contributed by atoms with Crippen molar-refractivity contribution in [2.45, 2.75) is 26.8 Å². The summed E-state index contributed by atoms with van der Waals surface area (Å²) in [5.74, 6) is 0.715. The van der Waals surface area contributed by atoms with Gasteiger partial charge in [-0.3, -0.25) is 0 Å². The molecule has 0 fully saturated rings. The number of H-pyrrole nitrogens is 1. The summed E-state index contributed by atoms with van der Waals surface area (Å²) in [5.41, 5.74) is 6.72. The van der Waals surface area contributed by atoms with E-state index in [1.165, 1.54) is 6.33 Å². The number of aliphatic hydroxyl groups excluding tert-OH is 1. The first-order chi connectivity index (χ1) is 8.41. The predicted octanol–water partition coefficient (Wildman–Crippen LogP) is 0.754. The summed E-state index contributed by atoms with van der Waals surface area (Å²) in [6.07, 6.45) is 1.54. The van der Waals surface area contributed by atoms with Crippen molar-refractivity contribution in [3.8, 4) is 0 Å². The lowest BCUT2D eigenvalue weighted by Gasteiger charge is -2.30. The van der Waals surface area contributed by atoms with E-state index < -0.39 is 0 Å². The van der Waals surface area contributed by atoms with Crippen molar-refractivity contribution < 1.29 is 5.11 Å². The first kappa shape index (κ1) is 12.6. The van der Waals surface area contributed by atoms with E-state index in [9.17, 15) is 5.11 Å². The third kappa shape index (κ3) is 2.35. The van der Waals surface area contributed by atoms with Gasteiger partial charge in [-0.05, 0) is 5.41 Å². The van der Waals surface area contributed by atoms with Crippen LogP contribution >= 0.6 is 0 Å². The minimum Gasteiger partial charge on any atom is -0.394 e. The molecule has 0 saturated carbocycles. The van der Waals surface area contributed by atoms with E-state index in [0.717, 1.165) is 0 Å². The normalized spacial score (nSPS) is 13.8. The van der Waals surface area contributed by atoms with Gasteiger partial charge < -0.3 is 21.1 Å². The van der Waals surface area contributed by atoms with Gasteiger partial charge in [0.15, 0.2) is 11.5 Å². The molecule has 0 saturated heterocycles. The zero-order valence-corrected chi connectivity index (χ0v) is 10.7. The molecule has 0 aliphatic heterocycles. The van der Waals surface area contributed by atoms with Gasteiger partial charge in [-0.15, -0.1) is 0 Å². The minimum atomic E-state index is -0.140. The molecule has 0 aliphatic carbocycles. The number of hydrogen-bond acceptors (Lipinski definition) is 6. The molecule has 0 aromatic carbocycles.